The van der Waals surface area contributed by atoms with Gasteiger partial charge < -0.3 is 4.57 Å². The van der Waals surface area contributed by atoms with Gasteiger partial charge in [-0.3, -0.25) is 14.6 Å². The Balaban J connectivity index is 1.81. The molecule has 1 aromatic rings. The second-order valence-electron chi connectivity index (χ2n) is 5.56. The third-order valence-electron chi connectivity index (χ3n) is 4.14. The van der Waals surface area contributed by atoms with Gasteiger partial charge in [0.15, 0.2) is 5.78 Å². The van der Waals surface area contributed by atoms with E-state index in [-0.39, 0.29) is 5.78 Å². The first-order valence-electron chi connectivity index (χ1n) is 7.21. The summed E-state index contributed by atoms with van der Waals surface area (Å²) in [5, 5.41) is 0. The second kappa shape index (κ2) is 6.35. The van der Waals surface area contributed by atoms with Crippen LogP contribution >= 0.6 is 0 Å². The van der Waals surface area contributed by atoms with Gasteiger partial charge in [-0.15, -0.1) is 0 Å². The summed E-state index contributed by atoms with van der Waals surface area (Å²) < 4.78 is 1.92. The van der Waals surface area contributed by atoms with Crippen LogP contribution in [0.5, 0.6) is 0 Å². The molecule has 1 unspecified atom stereocenters. The maximum Gasteiger partial charge on any atom is 0.178 e. The number of hydrogen-bond acceptors (Lipinski definition) is 3. The molecule has 2 rings (SSSR count). The van der Waals surface area contributed by atoms with E-state index in [4.69, 9.17) is 0 Å². The fourth-order valence-electron chi connectivity index (χ4n) is 2.58. The number of Topliss-reactive ketones (excluding diaryl/α,β-unsaturated/α-hetero) is 1. The van der Waals surface area contributed by atoms with E-state index in [1.807, 2.05) is 30.1 Å². The summed E-state index contributed by atoms with van der Waals surface area (Å²) in [6.45, 7) is 9.24. The van der Waals surface area contributed by atoms with Crippen molar-refractivity contribution in [3.63, 3.8) is 0 Å². The third kappa shape index (κ3) is 3.67. The van der Waals surface area contributed by atoms with Gasteiger partial charge in [-0.1, -0.05) is 6.92 Å². The van der Waals surface area contributed by atoms with Crippen molar-refractivity contribution < 1.29 is 4.79 Å². The van der Waals surface area contributed by atoms with Gasteiger partial charge in [0, 0.05) is 57.2 Å². The Kier molecular flexibility index (Phi) is 4.77. The molecule has 1 aliphatic rings. The predicted octanol–water partition coefficient (Wildman–Crippen LogP) is 1.62. The van der Waals surface area contributed by atoms with E-state index in [1.165, 1.54) is 6.42 Å². The van der Waals surface area contributed by atoms with E-state index < -0.39 is 0 Å². The zero-order valence-electron chi connectivity index (χ0n) is 12.3. The van der Waals surface area contributed by atoms with E-state index in [2.05, 4.69) is 23.6 Å². The minimum atomic E-state index is 0.234. The first-order valence-corrected chi connectivity index (χ1v) is 7.21. The number of hydrogen-bond donors (Lipinski definition) is 0. The largest absolute Gasteiger partial charge is 0.357 e. The average molecular weight is 263 g/mol. The summed E-state index contributed by atoms with van der Waals surface area (Å²) in [4.78, 5) is 16.9. The van der Waals surface area contributed by atoms with Crippen LogP contribution < -0.4 is 0 Å². The average Bonchev–Trinajstić information content (AvgIpc) is 2.85. The molecule has 0 bridgehead atoms. The smallest absolute Gasteiger partial charge is 0.178 e. The Bertz CT molecular complexity index is 419. The fourth-order valence-corrected chi connectivity index (χ4v) is 2.58. The Morgan fingerprint density at radius 1 is 1.32 bits per heavy atom. The molecule has 4 heteroatoms. The molecule has 0 radical (unpaired) electrons. The van der Waals surface area contributed by atoms with Crippen molar-refractivity contribution in [2.24, 2.45) is 7.05 Å². The van der Waals surface area contributed by atoms with E-state index in [9.17, 15) is 4.79 Å². The molecular weight excluding hydrogens is 238 g/mol. The highest BCUT2D eigenvalue weighted by Gasteiger charge is 2.21. The van der Waals surface area contributed by atoms with Crippen molar-refractivity contribution >= 4 is 5.78 Å². The van der Waals surface area contributed by atoms with Crippen LogP contribution in [0.2, 0.25) is 0 Å². The topological polar surface area (TPSA) is 28.5 Å². The minimum absolute atomic E-state index is 0.234. The molecule has 2 heterocycles. The second-order valence-corrected chi connectivity index (χ2v) is 5.56. The normalized spacial score (nSPS) is 19.5. The lowest BCUT2D eigenvalue weighted by Crippen LogP contribution is -2.50. The van der Waals surface area contributed by atoms with Crippen molar-refractivity contribution in [3.8, 4) is 0 Å². The molecule has 0 saturated carbocycles. The van der Waals surface area contributed by atoms with Crippen molar-refractivity contribution in [2.75, 3.05) is 32.7 Å². The van der Waals surface area contributed by atoms with E-state index in [0.29, 0.717) is 12.6 Å². The quantitative estimate of drug-likeness (QED) is 0.756. The van der Waals surface area contributed by atoms with Gasteiger partial charge >= 0.3 is 0 Å². The zero-order valence-corrected chi connectivity index (χ0v) is 12.3. The number of ketones is 1. The van der Waals surface area contributed by atoms with Crippen LogP contribution in [-0.4, -0.2) is 58.9 Å². The van der Waals surface area contributed by atoms with Gasteiger partial charge in [0.05, 0.1) is 6.54 Å². The minimum Gasteiger partial charge on any atom is -0.357 e. The molecule has 106 valence electrons. The van der Waals surface area contributed by atoms with E-state index in [1.54, 1.807) is 0 Å². The molecule has 4 nitrogen and oxygen atoms in total. The first-order chi connectivity index (χ1) is 9.10. The van der Waals surface area contributed by atoms with Gasteiger partial charge in [-0.25, -0.2) is 0 Å². The van der Waals surface area contributed by atoms with Gasteiger partial charge in [0.2, 0.25) is 0 Å². The Labute approximate surface area is 116 Å². The predicted molar refractivity (Wildman–Crippen MR) is 77.5 cm³/mol. The molecular formula is C15H25N3O. The number of aryl methyl sites for hydroxylation is 1. The van der Waals surface area contributed by atoms with Crippen LogP contribution in [0.4, 0.5) is 0 Å². The van der Waals surface area contributed by atoms with Gasteiger partial charge in [0.1, 0.15) is 0 Å². The summed E-state index contributed by atoms with van der Waals surface area (Å²) in [6, 6.07) is 2.56. The molecule has 0 N–H and O–H groups in total. The molecule has 19 heavy (non-hydrogen) atoms. The van der Waals surface area contributed by atoms with Crippen LogP contribution in [-0.2, 0) is 7.05 Å². The summed E-state index contributed by atoms with van der Waals surface area (Å²) in [5.41, 5.74) is 0.826. The van der Waals surface area contributed by atoms with Crippen molar-refractivity contribution in [1.82, 2.24) is 14.4 Å². The van der Waals surface area contributed by atoms with Crippen molar-refractivity contribution in [3.05, 3.63) is 24.0 Å². The van der Waals surface area contributed by atoms with E-state index in [0.717, 1.165) is 31.7 Å². The third-order valence-corrected chi connectivity index (χ3v) is 4.14. The highest BCUT2D eigenvalue weighted by molar-refractivity contribution is 5.97. The summed E-state index contributed by atoms with van der Waals surface area (Å²) in [5.74, 6) is 0.234. The molecule has 0 spiro atoms. The lowest BCUT2D eigenvalue weighted by Gasteiger charge is -2.37. The summed E-state index contributed by atoms with van der Waals surface area (Å²) >= 11 is 0. The van der Waals surface area contributed by atoms with Gasteiger partial charge in [0.25, 0.3) is 0 Å². The lowest BCUT2D eigenvalue weighted by molar-refractivity contribution is 0.0784. The maximum absolute atomic E-state index is 12.1. The summed E-state index contributed by atoms with van der Waals surface area (Å²) in [6.07, 6.45) is 5.02. The van der Waals surface area contributed by atoms with Crippen molar-refractivity contribution in [2.45, 2.75) is 26.3 Å². The molecule has 0 aromatic carbocycles. The number of aromatic nitrogens is 1. The number of piperazine rings is 1. The highest BCUT2D eigenvalue weighted by Crippen LogP contribution is 2.10. The Hall–Kier alpha value is -1.13. The molecule has 1 atom stereocenters. The monoisotopic (exact) mass is 263 g/mol. The van der Waals surface area contributed by atoms with Crippen LogP contribution in [0.25, 0.3) is 0 Å². The molecule has 1 aliphatic heterocycles. The standard InChI is InChI=1S/C15H25N3O/c1-4-13(2)18-9-7-17(8-10-18)12-15(19)14-5-6-16(3)11-14/h5-6,11,13H,4,7-10,12H2,1-3H3. The van der Waals surface area contributed by atoms with Crippen LogP contribution in [0.15, 0.2) is 18.5 Å². The zero-order chi connectivity index (χ0) is 13.8. The SMILES string of the molecule is CCC(C)N1CCN(CC(=O)c2ccn(C)c2)CC1. The Morgan fingerprint density at radius 2 is 2.00 bits per heavy atom. The molecule has 1 fully saturated rings. The van der Waals surface area contributed by atoms with Crippen LogP contribution in [0.1, 0.15) is 30.6 Å². The maximum atomic E-state index is 12.1. The van der Waals surface area contributed by atoms with Crippen LogP contribution in [0, 0.1) is 0 Å². The van der Waals surface area contributed by atoms with Crippen LogP contribution in [0.3, 0.4) is 0 Å². The number of nitrogens with zero attached hydrogens (tertiary/aromatic N) is 3. The van der Waals surface area contributed by atoms with E-state index >= 15 is 0 Å². The van der Waals surface area contributed by atoms with Gasteiger partial charge in [-0.2, -0.15) is 0 Å². The molecule has 0 amide bonds. The first kappa shape index (κ1) is 14.3. The Morgan fingerprint density at radius 3 is 2.53 bits per heavy atom. The summed E-state index contributed by atoms with van der Waals surface area (Å²) in [7, 11) is 1.95. The molecule has 0 aliphatic carbocycles. The van der Waals surface area contributed by atoms with Crippen molar-refractivity contribution in [1.29, 1.82) is 0 Å². The molecule has 1 aromatic heterocycles. The number of rotatable bonds is 5. The van der Waals surface area contributed by atoms with Gasteiger partial charge in [-0.05, 0) is 19.4 Å². The lowest BCUT2D eigenvalue weighted by atomic mass is 10.1. The highest BCUT2D eigenvalue weighted by atomic mass is 16.1. The molecule has 1 saturated heterocycles. The fraction of sp³-hybridized carbons (Fsp3) is 0.667. The number of carbonyl (C=O) groups excluding carboxylic acids is 1. The number of carbonyl (C=O) groups is 1.